The molecule has 0 aliphatic carbocycles. The number of fused-ring (bicyclic) bond motifs is 1. The maximum atomic E-state index is 12.9. The molecule has 3 aromatic rings. The summed E-state index contributed by atoms with van der Waals surface area (Å²) in [6, 6.07) is 7.02. The van der Waals surface area contributed by atoms with Crippen molar-refractivity contribution >= 4 is 17.4 Å². The van der Waals surface area contributed by atoms with Gasteiger partial charge >= 0.3 is 0 Å². The molecule has 1 fully saturated rings. The van der Waals surface area contributed by atoms with E-state index in [4.69, 9.17) is 0 Å². The van der Waals surface area contributed by atoms with Crippen LogP contribution in [0.4, 0.5) is 16.2 Å². The Balaban J connectivity index is 1.53. The Bertz CT molecular complexity index is 918. The van der Waals surface area contributed by atoms with Gasteiger partial charge in [0.15, 0.2) is 5.82 Å². The first-order valence-corrected chi connectivity index (χ1v) is 7.66. The van der Waals surface area contributed by atoms with Crippen molar-refractivity contribution in [2.24, 2.45) is 0 Å². The van der Waals surface area contributed by atoms with Gasteiger partial charge < -0.3 is 9.80 Å². The Hall–Kier alpha value is -3.03. The van der Waals surface area contributed by atoms with Crippen LogP contribution in [0, 0.1) is 5.82 Å². The summed E-state index contributed by atoms with van der Waals surface area (Å²) in [6.07, 6.45) is 4.04. The normalized spacial score (nSPS) is 15.0. The minimum atomic E-state index is -0.446. The lowest BCUT2D eigenvalue weighted by Crippen LogP contribution is -2.47. The molecule has 7 nitrogen and oxygen atoms in total. The van der Waals surface area contributed by atoms with E-state index in [1.54, 1.807) is 18.3 Å². The fraction of sp³-hybridized carbons (Fsp3) is 0.250. The van der Waals surface area contributed by atoms with Crippen LogP contribution in [0.2, 0.25) is 0 Å². The molecule has 0 unspecified atom stereocenters. The molecule has 0 atom stereocenters. The molecule has 1 aliphatic heterocycles. The van der Waals surface area contributed by atoms with Crippen LogP contribution in [0.15, 0.2) is 47.7 Å². The molecule has 24 heavy (non-hydrogen) atoms. The third kappa shape index (κ3) is 2.66. The zero-order chi connectivity index (χ0) is 16.5. The number of pyridine rings is 1. The van der Waals surface area contributed by atoms with Gasteiger partial charge in [0, 0.05) is 38.4 Å². The van der Waals surface area contributed by atoms with Gasteiger partial charge in [-0.15, -0.1) is 0 Å². The van der Waals surface area contributed by atoms with Crippen LogP contribution in [-0.4, -0.2) is 45.5 Å². The first kappa shape index (κ1) is 14.6. The van der Waals surface area contributed by atoms with E-state index < -0.39 is 5.82 Å². The molecule has 0 N–H and O–H groups in total. The van der Waals surface area contributed by atoms with Crippen molar-refractivity contribution in [3.8, 4) is 0 Å². The van der Waals surface area contributed by atoms with Crippen LogP contribution >= 0.6 is 0 Å². The van der Waals surface area contributed by atoms with Crippen molar-refractivity contribution in [1.29, 1.82) is 0 Å². The summed E-state index contributed by atoms with van der Waals surface area (Å²) in [5, 5.41) is 0. The zero-order valence-corrected chi connectivity index (χ0v) is 12.8. The maximum Gasteiger partial charge on any atom is 0.259 e. The van der Waals surface area contributed by atoms with Gasteiger partial charge in [-0.3, -0.25) is 9.20 Å². The van der Waals surface area contributed by atoms with Gasteiger partial charge in [-0.1, -0.05) is 6.07 Å². The summed E-state index contributed by atoms with van der Waals surface area (Å²) in [6.45, 7) is 2.75. The number of nitrogens with zero attached hydrogens (tertiary/aromatic N) is 6. The Labute approximate surface area is 137 Å². The molecular weight excluding hydrogens is 311 g/mol. The average Bonchev–Trinajstić information content (AvgIpc) is 2.62. The quantitative estimate of drug-likeness (QED) is 0.698. The predicted octanol–water partition coefficient (Wildman–Crippen LogP) is 0.950. The summed E-state index contributed by atoms with van der Waals surface area (Å²) in [5.74, 6) is 0.742. The second-order valence-corrected chi connectivity index (χ2v) is 5.56. The lowest BCUT2D eigenvalue weighted by Gasteiger charge is -2.35. The van der Waals surface area contributed by atoms with Crippen LogP contribution in [0.1, 0.15) is 0 Å². The molecule has 3 aromatic heterocycles. The molecule has 8 heteroatoms. The standard InChI is InChI=1S/C16H15FN6O/c17-12-10-18-16(19-11-12)22-7-5-21(6-8-22)14-9-15(24)23-4-2-1-3-13(23)20-14/h1-4,9-11H,5-8H2. The predicted molar refractivity (Wildman–Crippen MR) is 87.9 cm³/mol. The molecule has 0 amide bonds. The fourth-order valence-corrected chi connectivity index (χ4v) is 2.81. The first-order chi connectivity index (χ1) is 11.7. The van der Waals surface area contributed by atoms with Crippen LogP contribution in [0.3, 0.4) is 0 Å². The van der Waals surface area contributed by atoms with Crippen LogP contribution in [0.5, 0.6) is 0 Å². The number of rotatable bonds is 2. The minimum absolute atomic E-state index is 0.0973. The van der Waals surface area contributed by atoms with Gasteiger partial charge in [-0.05, 0) is 12.1 Å². The van der Waals surface area contributed by atoms with E-state index in [2.05, 4.69) is 19.9 Å². The van der Waals surface area contributed by atoms with E-state index in [-0.39, 0.29) is 5.56 Å². The Morgan fingerprint density at radius 2 is 1.71 bits per heavy atom. The Morgan fingerprint density at radius 1 is 1.00 bits per heavy atom. The van der Waals surface area contributed by atoms with Crippen molar-refractivity contribution in [1.82, 2.24) is 19.4 Å². The molecule has 0 saturated carbocycles. The molecule has 1 aliphatic rings. The first-order valence-electron chi connectivity index (χ1n) is 7.66. The molecule has 0 bridgehead atoms. The Kier molecular flexibility index (Phi) is 3.56. The number of anilines is 2. The molecular formula is C16H15FN6O. The number of aromatic nitrogens is 4. The van der Waals surface area contributed by atoms with Gasteiger partial charge in [-0.2, -0.15) is 0 Å². The highest BCUT2D eigenvalue weighted by Crippen LogP contribution is 2.15. The summed E-state index contributed by atoms with van der Waals surface area (Å²) in [5.41, 5.74) is 0.532. The van der Waals surface area contributed by atoms with Gasteiger partial charge in [0.2, 0.25) is 5.95 Å². The number of halogens is 1. The van der Waals surface area contributed by atoms with Crippen LogP contribution < -0.4 is 15.4 Å². The molecule has 0 aromatic carbocycles. The van der Waals surface area contributed by atoms with Gasteiger partial charge in [0.1, 0.15) is 11.5 Å². The van der Waals surface area contributed by atoms with Crippen molar-refractivity contribution in [3.63, 3.8) is 0 Å². The second kappa shape index (κ2) is 5.88. The molecule has 4 heterocycles. The number of hydrogen-bond acceptors (Lipinski definition) is 6. The molecule has 122 valence electrons. The third-order valence-electron chi connectivity index (χ3n) is 4.05. The lowest BCUT2D eigenvalue weighted by molar-refractivity contribution is 0.601. The van der Waals surface area contributed by atoms with Crippen molar-refractivity contribution in [2.45, 2.75) is 0 Å². The van der Waals surface area contributed by atoms with Crippen LogP contribution in [0.25, 0.3) is 5.65 Å². The SMILES string of the molecule is O=c1cc(N2CCN(c3ncc(F)cn3)CC2)nc2ccccn12. The fourth-order valence-electron chi connectivity index (χ4n) is 2.81. The highest BCUT2D eigenvalue weighted by molar-refractivity contribution is 5.49. The van der Waals surface area contributed by atoms with Gasteiger partial charge in [0.05, 0.1) is 12.4 Å². The van der Waals surface area contributed by atoms with E-state index >= 15 is 0 Å². The van der Waals surface area contributed by atoms with E-state index in [0.717, 1.165) is 0 Å². The van der Waals surface area contributed by atoms with E-state index in [1.165, 1.54) is 16.8 Å². The van der Waals surface area contributed by atoms with E-state index in [1.807, 2.05) is 17.0 Å². The summed E-state index contributed by atoms with van der Waals surface area (Å²) in [4.78, 5) is 28.8. The van der Waals surface area contributed by atoms with Gasteiger partial charge in [-0.25, -0.2) is 19.3 Å². The number of piperazine rings is 1. The summed E-state index contributed by atoms with van der Waals surface area (Å²) < 4.78 is 14.4. The van der Waals surface area contributed by atoms with Crippen molar-refractivity contribution < 1.29 is 4.39 Å². The monoisotopic (exact) mass is 326 g/mol. The number of hydrogen-bond donors (Lipinski definition) is 0. The smallest absolute Gasteiger partial charge is 0.259 e. The highest BCUT2D eigenvalue weighted by Gasteiger charge is 2.20. The van der Waals surface area contributed by atoms with E-state index in [0.29, 0.717) is 43.6 Å². The highest BCUT2D eigenvalue weighted by atomic mass is 19.1. The molecule has 1 saturated heterocycles. The van der Waals surface area contributed by atoms with Crippen molar-refractivity contribution in [2.75, 3.05) is 36.0 Å². The average molecular weight is 326 g/mol. The third-order valence-corrected chi connectivity index (χ3v) is 4.05. The topological polar surface area (TPSA) is 66.6 Å². The largest absolute Gasteiger partial charge is 0.353 e. The molecule has 4 rings (SSSR count). The molecule has 0 radical (unpaired) electrons. The minimum Gasteiger partial charge on any atom is -0.353 e. The van der Waals surface area contributed by atoms with E-state index in [9.17, 15) is 9.18 Å². The second-order valence-electron chi connectivity index (χ2n) is 5.56. The summed E-state index contributed by atoms with van der Waals surface area (Å²) in [7, 11) is 0. The zero-order valence-electron chi connectivity index (χ0n) is 12.8. The Morgan fingerprint density at radius 3 is 2.46 bits per heavy atom. The van der Waals surface area contributed by atoms with Crippen molar-refractivity contribution in [3.05, 3.63) is 59.0 Å². The maximum absolute atomic E-state index is 12.9. The lowest BCUT2D eigenvalue weighted by atomic mass is 10.3. The molecule has 0 spiro atoms. The van der Waals surface area contributed by atoms with Crippen LogP contribution in [-0.2, 0) is 0 Å². The van der Waals surface area contributed by atoms with Gasteiger partial charge in [0.25, 0.3) is 5.56 Å². The summed E-state index contributed by atoms with van der Waals surface area (Å²) >= 11 is 0.